The third-order valence-electron chi connectivity index (χ3n) is 3.19. The molecule has 0 unspecified atom stereocenters. The van der Waals surface area contributed by atoms with Crippen molar-refractivity contribution in [2.24, 2.45) is 11.5 Å². The number of carbonyl (C=O) groups excluding carboxylic acids is 1. The lowest BCUT2D eigenvalue weighted by Gasteiger charge is -2.00. The molecule has 1 amide bonds. The van der Waals surface area contributed by atoms with Gasteiger partial charge in [-0.25, -0.2) is 0 Å². The molecule has 6 nitrogen and oxygen atoms in total. The Morgan fingerprint density at radius 3 is 2.59 bits per heavy atom. The highest BCUT2D eigenvalue weighted by Gasteiger charge is 1.99. The maximum atomic E-state index is 8.58. The van der Waals surface area contributed by atoms with E-state index in [1.165, 1.54) is 17.5 Å². The average Bonchev–Trinajstić information content (AvgIpc) is 3.07. The summed E-state index contributed by atoms with van der Waals surface area (Å²) in [5, 5.41) is 9.92. The summed E-state index contributed by atoms with van der Waals surface area (Å²) in [6.45, 7) is 0. The minimum atomic E-state index is 0.250. The van der Waals surface area contributed by atoms with Gasteiger partial charge in [0.25, 0.3) is 0 Å². The van der Waals surface area contributed by atoms with E-state index in [2.05, 4.69) is 33.8 Å². The topological polar surface area (TPSA) is 121 Å². The van der Waals surface area contributed by atoms with E-state index >= 15 is 0 Å². The molecule has 1 aromatic heterocycles. The zero-order chi connectivity index (χ0) is 19.9. The number of hydrogen-bond acceptors (Lipinski definition) is 6. The van der Waals surface area contributed by atoms with Crippen molar-refractivity contribution in [3.05, 3.63) is 63.8 Å². The first-order valence-corrected chi connectivity index (χ1v) is 9.34. The van der Waals surface area contributed by atoms with Crippen molar-refractivity contribution in [1.82, 2.24) is 10.2 Å². The van der Waals surface area contributed by atoms with E-state index in [4.69, 9.17) is 27.9 Å². The molecule has 2 aromatic rings. The third-order valence-corrected chi connectivity index (χ3v) is 4.38. The van der Waals surface area contributed by atoms with Crippen LogP contribution in [-0.4, -0.2) is 16.6 Å². The first kappa shape index (κ1) is 22.2. The first-order chi connectivity index (χ1) is 13.1. The Balaban J connectivity index is 0.00000114. The molecular formula is C19H22ClN5OS. The monoisotopic (exact) mass is 403 g/mol. The van der Waals surface area contributed by atoms with Crippen molar-refractivity contribution >= 4 is 34.5 Å². The van der Waals surface area contributed by atoms with Gasteiger partial charge in [-0.15, -0.1) is 10.2 Å². The number of aromatic nitrogens is 2. The van der Waals surface area contributed by atoms with Crippen molar-refractivity contribution in [2.75, 3.05) is 5.73 Å². The van der Waals surface area contributed by atoms with Gasteiger partial charge in [-0.2, -0.15) is 0 Å². The maximum absolute atomic E-state index is 8.58. The molecule has 2 rings (SSSR count). The van der Waals surface area contributed by atoms with E-state index < -0.39 is 0 Å². The standard InChI is InChI=1S/C18H19ClN4S.CH3NO/c19-16-11-5-4-10-15(16)9-3-1-7-14(13-20)8-2-6-12-17-22-23-18(21)24-17;2-1-3/h1,4-5,7,10-11,13H,3,6,9,12,20H2,(H2,21,23);1H,(H2,2,3)/b7-1-,14-13+;. The number of rotatable bonds is 6. The van der Waals surface area contributed by atoms with Crippen molar-refractivity contribution in [3.8, 4) is 11.8 Å². The third kappa shape index (κ3) is 9.45. The summed E-state index contributed by atoms with van der Waals surface area (Å²) in [5.41, 5.74) is 17.3. The predicted molar refractivity (Wildman–Crippen MR) is 112 cm³/mol. The quantitative estimate of drug-likeness (QED) is 0.389. The Hall–Kier alpha value is -2.82. The SMILES string of the molecule is N/C=C(C#CCCc1nnc(N)s1)\C=C/CCc1ccccc1Cl.NC=O. The molecule has 1 aromatic carbocycles. The summed E-state index contributed by atoms with van der Waals surface area (Å²) in [5.74, 6) is 6.14. The average molecular weight is 404 g/mol. The number of nitrogens with zero attached hydrogens (tertiary/aromatic N) is 2. The minimum Gasteiger partial charge on any atom is -0.404 e. The second-order valence-electron chi connectivity index (χ2n) is 5.13. The van der Waals surface area contributed by atoms with E-state index in [9.17, 15) is 0 Å². The number of benzene rings is 1. The fraction of sp³-hybridized carbons (Fsp3) is 0.211. The summed E-state index contributed by atoms with van der Waals surface area (Å²) in [6, 6.07) is 7.87. The van der Waals surface area contributed by atoms with Crippen LogP contribution in [0.15, 0.2) is 48.2 Å². The van der Waals surface area contributed by atoms with Gasteiger partial charge in [-0.05, 0) is 30.5 Å². The molecule has 142 valence electrons. The highest BCUT2D eigenvalue weighted by molar-refractivity contribution is 7.15. The summed E-state index contributed by atoms with van der Waals surface area (Å²) in [6.07, 6.45) is 8.97. The number of aryl methyl sites for hydroxylation is 2. The number of nitrogen functional groups attached to an aromatic ring is 1. The molecule has 0 aliphatic carbocycles. The lowest BCUT2D eigenvalue weighted by Crippen LogP contribution is -1.86. The van der Waals surface area contributed by atoms with Crippen molar-refractivity contribution in [1.29, 1.82) is 0 Å². The molecule has 0 spiro atoms. The van der Waals surface area contributed by atoms with Crippen molar-refractivity contribution in [3.63, 3.8) is 0 Å². The molecule has 8 heteroatoms. The van der Waals surface area contributed by atoms with E-state index in [-0.39, 0.29) is 6.41 Å². The van der Waals surface area contributed by atoms with Gasteiger partial charge in [-0.1, -0.05) is 59.1 Å². The molecular weight excluding hydrogens is 382 g/mol. The minimum absolute atomic E-state index is 0.250. The van der Waals surface area contributed by atoms with E-state index in [1.807, 2.05) is 30.3 Å². The molecule has 6 N–H and O–H groups in total. The van der Waals surface area contributed by atoms with Crippen LogP contribution >= 0.6 is 22.9 Å². The van der Waals surface area contributed by atoms with Crippen LogP contribution in [-0.2, 0) is 17.6 Å². The summed E-state index contributed by atoms with van der Waals surface area (Å²) in [4.78, 5) is 8.58. The zero-order valence-corrected chi connectivity index (χ0v) is 16.3. The zero-order valence-electron chi connectivity index (χ0n) is 14.8. The Kier molecular flexibility index (Phi) is 11.0. The number of anilines is 1. The van der Waals surface area contributed by atoms with Crippen LogP contribution < -0.4 is 17.2 Å². The molecule has 1 heterocycles. The molecule has 0 saturated carbocycles. The second-order valence-corrected chi connectivity index (χ2v) is 6.63. The smallest absolute Gasteiger partial charge is 0.204 e. The lowest BCUT2D eigenvalue weighted by molar-refractivity contribution is -0.106. The predicted octanol–water partition coefficient (Wildman–Crippen LogP) is 2.84. The van der Waals surface area contributed by atoms with Gasteiger partial charge in [0.2, 0.25) is 11.5 Å². The van der Waals surface area contributed by atoms with Crippen LogP contribution in [0.25, 0.3) is 0 Å². The van der Waals surface area contributed by atoms with Crippen LogP contribution in [0.4, 0.5) is 5.13 Å². The van der Waals surface area contributed by atoms with Gasteiger partial charge >= 0.3 is 0 Å². The Labute approximate surface area is 168 Å². The highest BCUT2D eigenvalue weighted by Crippen LogP contribution is 2.16. The molecule has 0 atom stereocenters. The molecule has 0 saturated heterocycles. The number of halogens is 1. The molecule has 0 aliphatic rings. The van der Waals surface area contributed by atoms with E-state index in [1.54, 1.807) is 0 Å². The molecule has 0 fully saturated rings. The van der Waals surface area contributed by atoms with E-state index in [0.29, 0.717) is 11.6 Å². The summed E-state index contributed by atoms with van der Waals surface area (Å²) >= 11 is 7.53. The van der Waals surface area contributed by atoms with Crippen LogP contribution in [0.2, 0.25) is 5.02 Å². The summed E-state index contributed by atoms with van der Waals surface area (Å²) < 4.78 is 0. The molecule has 0 radical (unpaired) electrons. The van der Waals surface area contributed by atoms with Gasteiger partial charge in [0.15, 0.2) is 0 Å². The normalized spacial score (nSPS) is 10.6. The van der Waals surface area contributed by atoms with Crippen molar-refractivity contribution < 1.29 is 4.79 Å². The fourth-order valence-corrected chi connectivity index (χ4v) is 2.83. The highest BCUT2D eigenvalue weighted by atomic mass is 35.5. The van der Waals surface area contributed by atoms with Crippen LogP contribution in [0.3, 0.4) is 0 Å². The molecule has 27 heavy (non-hydrogen) atoms. The molecule has 0 bridgehead atoms. The number of primary amides is 1. The van der Waals surface area contributed by atoms with Gasteiger partial charge in [-0.3, -0.25) is 4.79 Å². The van der Waals surface area contributed by atoms with Crippen LogP contribution in [0.5, 0.6) is 0 Å². The lowest BCUT2D eigenvalue weighted by atomic mass is 10.1. The summed E-state index contributed by atoms with van der Waals surface area (Å²) in [7, 11) is 0. The Morgan fingerprint density at radius 2 is 1.96 bits per heavy atom. The number of hydrogen-bond donors (Lipinski definition) is 3. The largest absolute Gasteiger partial charge is 0.404 e. The van der Waals surface area contributed by atoms with Crippen molar-refractivity contribution in [2.45, 2.75) is 25.7 Å². The maximum Gasteiger partial charge on any atom is 0.204 e. The van der Waals surface area contributed by atoms with Crippen LogP contribution in [0.1, 0.15) is 23.4 Å². The van der Waals surface area contributed by atoms with Gasteiger partial charge < -0.3 is 17.2 Å². The van der Waals surface area contributed by atoms with Crippen LogP contribution in [0, 0.1) is 11.8 Å². The second kappa shape index (κ2) is 13.4. The number of carbonyl (C=O) groups is 1. The van der Waals surface area contributed by atoms with Gasteiger partial charge in [0, 0.05) is 29.6 Å². The first-order valence-electron chi connectivity index (χ1n) is 8.14. The Morgan fingerprint density at radius 1 is 1.22 bits per heavy atom. The number of allylic oxidation sites excluding steroid dienone is 3. The van der Waals surface area contributed by atoms with Gasteiger partial charge in [0.1, 0.15) is 5.01 Å². The molecule has 0 aliphatic heterocycles. The fourth-order valence-electron chi connectivity index (χ4n) is 1.99. The number of amides is 1. The Bertz CT molecular complexity index is 836. The van der Waals surface area contributed by atoms with E-state index in [0.717, 1.165) is 40.4 Å². The number of nitrogens with two attached hydrogens (primary N) is 3. The van der Waals surface area contributed by atoms with Gasteiger partial charge in [0.05, 0.1) is 0 Å².